The van der Waals surface area contributed by atoms with E-state index in [1.165, 1.54) is 0 Å². The summed E-state index contributed by atoms with van der Waals surface area (Å²) in [6, 6.07) is 1.63. The first-order valence-electron chi connectivity index (χ1n) is 6.22. The normalized spacial score (nSPS) is 12.5. The summed E-state index contributed by atoms with van der Waals surface area (Å²) < 4.78 is 14.1. The van der Waals surface area contributed by atoms with Crippen molar-refractivity contribution in [1.82, 2.24) is 4.98 Å². The van der Waals surface area contributed by atoms with Gasteiger partial charge in [0.2, 0.25) is 0 Å². The van der Waals surface area contributed by atoms with E-state index < -0.39 is 0 Å². The fraction of sp³-hybridized carbons (Fsp3) is 0.615. The van der Waals surface area contributed by atoms with Crippen molar-refractivity contribution in [2.24, 2.45) is 11.7 Å². The highest BCUT2D eigenvalue weighted by Crippen LogP contribution is 2.20. The fourth-order valence-electron chi connectivity index (χ4n) is 1.72. The zero-order valence-corrected chi connectivity index (χ0v) is 10.9. The number of hydrogen-bond donors (Lipinski definition) is 1. The third-order valence-corrected chi connectivity index (χ3v) is 3.08. The van der Waals surface area contributed by atoms with Crippen LogP contribution in [0.5, 0.6) is 0 Å². The van der Waals surface area contributed by atoms with E-state index in [0.717, 1.165) is 19.5 Å². The maximum atomic E-state index is 14.1. The van der Waals surface area contributed by atoms with E-state index in [-0.39, 0.29) is 12.4 Å². The van der Waals surface area contributed by atoms with Crippen LogP contribution in [0.1, 0.15) is 32.8 Å². The largest absolute Gasteiger partial charge is 0.354 e. The minimum Gasteiger partial charge on any atom is -0.354 e. The topological polar surface area (TPSA) is 42.2 Å². The molecule has 0 saturated heterocycles. The summed E-state index contributed by atoms with van der Waals surface area (Å²) in [6.07, 6.45) is 2.70. The molecule has 0 aliphatic carbocycles. The summed E-state index contributed by atoms with van der Waals surface area (Å²) in [5, 5.41) is 0. The summed E-state index contributed by atoms with van der Waals surface area (Å²) in [6.45, 7) is 8.10. The number of hydrogen-bond acceptors (Lipinski definition) is 3. The van der Waals surface area contributed by atoms with Crippen LogP contribution in [0.25, 0.3) is 0 Å². The van der Waals surface area contributed by atoms with Gasteiger partial charge in [0.15, 0.2) is 11.6 Å². The van der Waals surface area contributed by atoms with Gasteiger partial charge in [0.1, 0.15) is 0 Å². The summed E-state index contributed by atoms with van der Waals surface area (Å²) in [4.78, 5) is 6.12. The summed E-state index contributed by atoms with van der Waals surface area (Å²) in [7, 11) is 0. The molecule has 0 amide bonds. The van der Waals surface area contributed by atoms with Gasteiger partial charge in [-0.05, 0) is 18.9 Å². The van der Waals surface area contributed by atoms with E-state index in [9.17, 15) is 4.39 Å². The summed E-state index contributed by atoms with van der Waals surface area (Å²) in [5.74, 6) is 0.675. The molecule has 1 unspecified atom stereocenters. The molecule has 0 aromatic carbocycles. The Morgan fingerprint density at radius 2 is 2.18 bits per heavy atom. The van der Waals surface area contributed by atoms with Crippen LogP contribution in [0.2, 0.25) is 0 Å². The molecular formula is C13H22FN3. The van der Waals surface area contributed by atoms with Gasteiger partial charge in [-0.1, -0.05) is 20.3 Å². The number of nitrogens with two attached hydrogens (primary N) is 1. The van der Waals surface area contributed by atoms with Crippen LogP contribution in [0.3, 0.4) is 0 Å². The lowest BCUT2D eigenvalue weighted by Gasteiger charge is -2.25. The highest BCUT2D eigenvalue weighted by atomic mass is 19.1. The van der Waals surface area contributed by atoms with Crippen LogP contribution in [0.15, 0.2) is 12.3 Å². The average Bonchev–Trinajstić information content (AvgIpc) is 2.36. The first kappa shape index (κ1) is 13.9. The van der Waals surface area contributed by atoms with Crippen LogP contribution in [-0.4, -0.2) is 18.1 Å². The number of halogens is 1. The Bertz CT molecular complexity index is 355. The van der Waals surface area contributed by atoms with Crippen molar-refractivity contribution in [3.05, 3.63) is 23.6 Å². The molecule has 0 saturated carbocycles. The minimum atomic E-state index is -0.278. The lowest BCUT2D eigenvalue weighted by molar-refractivity contribution is 0.531. The van der Waals surface area contributed by atoms with E-state index in [2.05, 4.69) is 18.8 Å². The molecule has 96 valence electrons. The summed E-state index contributed by atoms with van der Waals surface area (Å²) >= 11 is 0. The molecule has 4 heteroatoms. The molecule has 0 aliphatic rings. The summed E-state index contributed by atoms with van der Waals surface area (Å²) in [5.41, 5.74) is 6.03. The van der Waals surface area contributed by atoms with Crippen molar-refractivity contribution in [2.45, 2.75) is 33.7 Å². The van der Waals surface area contributed by atoms with E-state index in [0.29, 0.717) is 17.3 Å². The molecule has 1 rings (SSSR count). The van der Waals surface area contributed by atoms with E-state index in [1.807, 2.05) is 11.8 Å². The Hall–Kier alpha value is -1.16. The van der Waals surface area contributed by atoms with Crippen LogP contribution in [0.4, 0.5) is 10.2 Å². The van der Waals surface area contributed by atoms with Gasteiger partial charge in [0.05, 0.1) is 0 Å². The number of nitrogens with zero attached hydrogens (tertiary/aromatic N) is 2. The third kappa shape index (κ3) is 3.40. The molecule has 2 N–H and O–H groups in total. The second kappa shape index (κ2) is 6.55. The molecule has 17 heavy (non-hydrogen) atoms. The van der Waals surface area contributed by atoms with Crippen LogP contribution >= 0.6 is 0 Å². The van der Waals surface area contributed by atoms with Crippen molar-refractivity contribution in [2.75, 3.05) is 18.0 Å². The molecule has 0 aliphatic heterocycles. The first-order valence-corrected chi connectivity index (χ1v) is 6.22. The molecule has 0 radical (unpaired) electrons. The Balaban J connectivity index is 2.95. The lowest BCUT2D eigenvalue weighted by atomic mass is 10.1. The quantitative estimate of drug-likeness (QED) is 0.829. The van der Waals surface area contributed by atoms with Gasteiger partial charge >= 0.3 is 0 Å². The standard InChI is InChI=1S/C13H22FN3/c1-4-10(3)9-17(5-2)13-12(14)11(8-15)6-7-16-13/h6-7,10H,4-5,8-9,15H2,1-3H3. The molecule has 1 aromatic heterocycles. The average molecular weight is 239 g/mol. The van der Waals surface area contributed by atoms with Gasteiger partial charge in [0, 0.05) is 31.4 Å². The van der Waals surface area contributed by atoms with Crippen molar-refractivity contribution < 1.29 is 4.39 Å². The highest BCUT2D eigenvalue weighted by molar-refractivity contribution is 5.43. The van der Waals surface area contributed by atoms with Crippen LogP contribution in [-0.2, 0) is 6.54 Å². The van der Waals surface area contributed by atoms with E-state index in [1.54, 1.807) is 12.3 Å². The highest BCUT2D eigenvalue weighted by Gasteiger charge is 2.16. The zero-order valence-electron chi connectivity index (χ0n) is 10.9. The van der Waals surface area contributed by atoms with E-state index >= 15 is 0 Å². The Morgan fingerprint density at radius 1 is 1.47 bits per heavy atom. The predicted octanol–water partition coefficient (Wildman–Crippen LogP) is 2.55. The van der Waals surface area contributed by atoms with Gasteiger partial charge in [-0.3, -0.25) is 0 Å². The Kier molecular flexibility index (Phi) is 5.35. The third-order valence-electron chi connectivity index (χ3n) is 3.08. The predicted molar refractivity (Wildman–Crippen MR) is 69.4 cm³/mol. The van der Waals surface area contributed by atoms with Gasteiger partial charge in [-0.25, -0.2) is 9.37 Å². The number of anilines is 1. The molecule has 0 spiro atoms. The lowest BCUT2D eigenvalue weighted by Crippen LogP contribution is -2.30. The number of aromatic nitrogens is 1. The first-order chi connectivity index (χ1) is 8.13. The molecular weight excluding hydrogens is 217 g/mol. The van der Waals surface area contributed by atoms with Gasteiger partial charge in [-0.2, -0.15) is 0 Å². The maximum Gasteiger partial charge on any atom is 0.170 e. The second-order valence-corrected chi connectivity index (χ2v) is 4.36. The number of pyridine rings is 1. The van der Waals surface area contributed by atoms with Crippen molar-refractivity contribution >= 4 is 5.82 Å². The number of rotatable bonds is 6. The Labute approximate surface area is 103 Å². The monoisotopic (exact) mass is 239 g/mol. The second-order valence-electron chi connectivity index (χ2n) is 4.36. The fourth-order valence-corrected chi connectivity index (χ4v) is 1.72. The van der Waals surface area contributed by atoms with Crippen molar-refractivity contribution in [3.8, 4) is 0 Å². The molecule has 1 atom stereocenters. The minimum absolute atomic E-state index is 0.211. The van der Waals surface area contributed by atoms with Crippen LogP contribution < -0.4 is 10.6 Å². The van der Waals surface area contributed by atoms with Gasteiger partial charge in [-0.15, -0.1) is 0 Å². The van der Waals surface area contributed by atoms with Crippen molar-refractivity contribution in [3.63, 3.8) is 0 Å². The Morgan fingerprint density at radius 3 is 2.71 bits per heavy atom. The van der Waals surface area contributed by atoms with Crippen molar-refractivity contribution in [1.29, 1.82) is 0 Å². The molecule has 1 heterocycles. The zero-order chi connectivity index (χ0) is 12.8. The molecule has 1 aromatic rings. The molecule has 0 fully saturated rings. The van der Waals surface area contributed by atoms with E-state index in [4.69, 9.17) is 5.73 Å². The maximum absolute atomic E-state index is 14.1. The van der Waals surface area contributed by atoms with Crippen LogP contribution in [0, 0.1) is 11.7 Å². The van der Waals surface area contributed by atoms with Gasteiger partial charge < -0.3 is 10.6 Å². The smallest absolute Gasteiger partial charge is 0.170 e. The molecule has 3 nitrogen and oxygen atoms in total. The SMILES string of the molecule is CCC(C)CN(CC)c1nccc(CN)c1F. The molecule has 0 bridgehead atoms. The van der Waals surface area contributed by atoms with Gasteiger partial charge in [0.25, 0.3) is 0 Å².